The first-order valence-corrected chi connectivity index (χ1v) is 7.17. The number of sulfonamides is 1. The molecule has 2 heterocycles. The lowest BCUT2D eigenvalue weighted by Crippen LogP contribution is -2.25. The van der Waals surface area contributed by atoms with Gasteiger partial charge in [-0.2, -0.15) is 5.10 Å². The average Bonchev–Trinajstić information content (AvgIpc) is 2.87. The summed E-state index contributed by atoms with van der Waals surface area (Å²) in [6.45, 7) is 0.644. The van der Waals surface area contributed by atoms with Crippen LogP contribution in [0.1, 0.15) is 11.1 Å². The SMILES string of the molecule is CNCc1cn[nH]c1S(=O)(=O)NCc1ccncc1. The zero-order chi connectivity index (χ0) is 13.7. The van der Waals surface area contributed by atoms with Crippen LogP contribution in [0.4, 0.5) is 0 Å². The maximum Gasteiger partial charge on any atom is 0.258 e. The number of rotatable bonds is 6. The van der Waals surface area contributed by atoms with Crippen LogP contribution in [0.5, 0.6) is 0 Å². The van der Waals surface area contributed by atoms with Gasteiger partial charge in [0, 0.05) is 31.0 Å². The van der Waals surface area contributed by atoms with Crippen LogP contribution in [0.25, 0.3) is 0 Å². The quantitative estimate of drug-likeness (QED) is 0.692. The molecule has 0 aliphatic carbocycles. The maximum absolute atomic E-state index is 12.1. The van der Waals surface area contributed by atoms with Crippen LogP contribution in [0.2, 0.25) is 0 Å². The smallest absolute Gasteiger partial charge is 0.258 e. The molecule has 2 aromatic rings. The Morgan fingerprint density at radius 1 is 1.26 bits per heavy atom. The van der Waals surface area contributed by atoms with E-state index in [1.807, 2.05) is 0 Å². The molecule has 0 atom stereocenters. The molecule has 0 saturated carbocycles. The van der Waals surface area contributed by atoms with Crippen molar-refractivity contribution in [3.05, 3.63) is 41.9 Å². The Labute approximate surface area is 111 Å². The Hall–Kier alpha value is -1.77. The van der Waals surface area contributed by atoms with Crippen molar-refractivity contribution in [2.24, 2.45) is 0 Å². The predicted octanol–water partition coefficient (Wildman–Crippen LogP) is 0.00260. The van der Waals surface area contributed by atoms with E-state index in [0.717, 1.165) is 5.56 Å². The van der Waals surface area contributed by atoms with E-state index in [-0.39, 0.29) is 11.6 Å². The van der Waals surface area contributed by atoms with Gasteiger partial charge >= 0.3 is 0 Å². The molecular weight excluding hydrogens is 266 g/mol. The van der Waals surface area contributed by atoms with Crippen LogP contribution in [-0.2, 0) is 23.1 Å². The van der Waals surface area contributed by atoms with Gasteiger partial charge in [-0.05, 0) is 24.7 Å². The molecule has 0 spiro atoms. The molecule has 0 saturated heterocycles. The van der Waals surface area contributed by atoms with Crippen LogP contribution >= 0.6 is 0 Å². The Morgan fingerprint density at radius 2 is 2.00 bits per heavy atom. The second kappa shape index (κ2) is 5.91. The molecule has 0 aliphatic heterocycles. The summed E-state index contributed by atoms with van der Waals surface area (Å²) in [5.41, 5.74) is 1.44. The summed E-state index contributed by atoms with van der Waals surface area (Å²) in [5, 5.41) is 9.27. The van der Waals surface area contributed by atoms with E-state index in [9.17, 15) is 8.42 Å². The van der Waals surface area contributed by atoms with Crippen molar-refractivity contribution < 1.29 is 8.42 Å². The largest absolute Gasteiger partial charge is 0.316 e. The highest BCUT2D eigenvalue weighted by atomic mass is 32.2. The van der Waals surface area contributed by atoms with Crippen molar-refractivity contribution in [2.75, 3.05) is 7.05 Å². The molecule has 8 heteroatoms. The average molecular weight is 281 g/mol. The first kappa shape index (κ1) is 13.7. The normalized spacial score (nSPS) is 11.6. The van der Waals surface area contributed by atoms with Crippen LogP contribution < -0.4 is 10.0 Å². The highest BCUT2D eigenvalue weighted by Crippen LogP contribution is 2.11. The third-order valence-electron chi connectivity index (χ3n) is 2.53. The molecule has 0 amide bonds. The first-order valence-electron chi connectivity index (χ1n) is 5.69. The number of pyridine rings is 1. The number of hydrogen-bond donors (Lipinski definition) is 3. The van der Waals surface area contributed by atoms with Crippen molar-refractivity contribution in [1.82, 2.24) is 25.2 Å². The lowest BCUT2D eigenvalue weighted by Gasteiger charge is -2.06. The van der Waals surface area contributed by atoms with E-state index < -0.39 is 10.0 Å². The van der Waals surface area contributed by atoms with Gasteiger partial charge in [-0.25, -0.2) is 13.1 Å². The minimum atomic E-state index is -3.60. The first-order chi connectivity index (χ1) is 9.13. The number of aromatic nitrogens is 3. The molecule has 0 radical (unpaired) electrons. The second-order valence-corrected chi connectivity index (χ2v) is 5.64. The zero-order valence-corrected chi connectivity index (χ0v) is 11.2. The molecule has 2 aromatic heterocycles. The Bertz CT molecular complexity index is 624. The molecule has 0 fully saturated rings. The van der Waals surface area contributed by atoms with Crippen molar-refractivity contribution in [3.8, 4) is 0 Å². The molecule has 0 unspecified atom stereocenters. The van der Waals surface area contributed by atoms with Gasteiger partial charge in [-0.3, -0.25) is 10.1 Å². The third-order valence-corrected chi connectivity index (χ3v) is 3.95. The lowest BCUT2D eigenvalue weighted by molar-refractivity contribution is 0.575. The molecule has 2 rings (SSSR count). The Kier molecular flexibility index (Phi) is 4.25. The topological polar surface area (TPSA) is 99.8 Å². The van der Waals surface area contributed by atoms with Crippen LogP contribution in [0, 0.1) is 0 Å². The van der Waals surface area contributed by atoms with E-state index in [1.54, 1.807) is 31.6 Å². The van der Waals surface area contributed by atoms with E-state index in [4.69, 9.17) is 0 Å². The predicted molar refractivity (Wildman–Crippen MR) is 69.6 cm³/mol. The zero-order valence-electron chi connectivity index (χ0n) is 10.4. The van der Waals surface area contributed by atoms with E-state index in [2.05, 4.69) is 25.2 Å². The summed E-state index contributed by atoms with van der Waals surface area (Å²) in [7, 11) is -1.85. The minimum absolute atomic E-state index is 0.0934. The molecule has 0 bridgehead atoms. The van der Waals surface area contributed by atoms with Gasteiger partial charge in [0.2, 0.25) is 0 Å². The maximum atomic E-state index is 12.1. The van der Waals surface area contributed by atoms with Crippen molar-refractivity contribution in [2.45, 2.75) is 18.1 Å². The van der Waals surface area contributed by atoms with Gasteiger partial charge < -0.3 is 5.32 Å². The molecule has 3 N–H and O–H groups in total. The fourth-order valence-electron chi connectivity index (χ4n) is 1.60. The monoisotopic (exact) mass is 281 g/mol. The summed E-state index contributed by atoms with van der Waals surface area (Å²) in [5.74, 6) is 0. The Morgan fingerprint density at radius 3 is 2.68 bits per heavy atom. The number of nitrogens with zero attached hydrogens (tertiary/aromatic N) is 2. The van der Waals surface area contributed by atoms with Gasteiger partial charge in [0.25, 0.3) is 10.0 Å². The summed E-state index contributed by atoms with van der Waals surface area (Å²) in [6, 6.07) is 3.51. The highest BCUT2D eigenvalue weighted by Gasteiger charge is 2.19. The van der Waals surface area contributed by atoms with Gasteiger partial charge in [-0.15, -0.1) is 0 Å². The van der Waals surface area contributed by atoms with Gasteiger partial charge in [0.05, 0.1) is 6.20 Å². The highest BCUT2D eigenvalue weighted by molar-refractivity contribution is 7.89. The number of aromatic amines is 1. The second-order valence-electron chi connectivity index (χ2n) is 3.93. The standard InChI is InChI=1S/C11H15N5O2S/c1-12-7-10-8-14-16-11(10)19(17,18)15-6-9-2-4-13-5-3-9/h2-5,8,12,15H,6-7H2,1H3,(H,14,16). The summed E-state index contributed by atoms with van der Waals surface area (Å²) >= 11 is 0. The van der Waals surface area contributed by atoms with E-state index in [1.165, 1.54) is 6.20 Å². The molecule has 0 aromatic carbocycles. The summed E-state index contributed by atoms with van der Waals surface area (Å²) < 4.78 is 26.8. The molecule has 7 nitrogen and oxygen atoms in total. The third kappa shape index (κ3) is 3.37. The number of nitrogens with one attached hydrogen (secondary N) is 3. The summed E-state index contributed by atoms with van der Waals surface area (Å²) in [6.07, 6.45) is 4.73. The molecular formula is C11H15N5O2S. The fraction of sp³-hybridized carbons (Fsp3) is 0.273. The van der Waals surface area contributed by atoms with Crippen LogP contribution in [0.3, 0.4) is 0 Å². The van der Waals surface area contributed by atoms with Gasteiger partial charge in [-0.1, -0.05) is 0 Å². The molecule has 0 aliphatic rings. The number of hydrogen-bond acceptors (Lipinski definition) is 5. The van der Waals surface area contributed by atoms with Gasteiger partial charge in [0.1, 0.15) is 0 Å². The van der Waals surface area contributed by atoms with Crippen molar-refractivity contribution >= 4 is 10.0 Å². The van der Waals surface area contributed by atoms with Crippen LogP contribution in [-0.4, -0.2) is 30.6 Å². The number of H-pyrrole nitrogens is 1. The minimum Gasteiger partial charge on any atom is -0.316 e. The molecule has 102 valence electrons. The Balaban J connectivity index is 2.12. The van der Waals surface area contributed by atoms with E-state index in [0.29, 0.717) is 12.1 Å². The molecule has 19 heavy (non-hydrogen) atoms. The van der Waals surface area contributed by atoms with Gasteiger partial charge in [0.15, 0.2) is 5.03 Å². The fourth-order valence-corrected chi connectivity index (χ4v) is 2.74. The van der Waals surface area contributed by atoms with Crippen molar-refractivity contribution in [3.63, 3.8) is 0 Å². The van der Waals surface area contributed by atoms with Crippen molar-refractivity contribution in [1.29, 1.82) is 0 Å². The van der Waals surface area contributed by atoms with Crippen LogP contribution in [0.15, 0.2) is 35.7 Å². The van der Waals surface area contributed by atoms with E-state index >= 15 is 0 Å². The summed E-state index contributed by atoms with van der Waals surface area (Å²) in [4.78, 5) is 3.88. The lowest BCUT2D eigenvalue weighted by atomic mass is 10.3.